The summed E-state index contributed by atoms with van der Waals surface area (Å²) in [5, 5.41) is 6.44. The fourth-order valence-corrected chi connectivity index (χ4v) is 2.35. The molecule has 10 heteroatoms. The molecule has 19 heavy (non-hydrogen) atoms. The van der Waals surface area contributed by atoms with Crippen molar-refractivity contribution in [3.63, 3.8) is 0 Å². The van der Waals surface area contributed by atoms with Gasteiger partial charge in [-0.25, -0.2) is 13.8 Å². The predicted octanol–water partition coefficient (Wildman–Crippen LogP) is 3.97. The normalized spacial score (nSPS) is 10.8. The van der Waals surface area contributed by atoms with Crippen molar-refractivity contribution in [1.29, 1.82) is 0 Å². The van der Waals surface area contributed by atoms with Crippen LogP contribution in [0.4, 0.5) is 14.5 Å². The van der Waals surface area contributed by atoms with E-state index < -0.39 is 12.1 Å². The third-order valence-corrected chi connectivity index (χ3v) is 3.86. The molecule has 2 aromatic heterocycles. The van der Waals surface area contributed by atoms with Gasteiger partial charge >= 0.3 is 0 Å². The fraction of sp³-hybridized carbons (Fsp3) is 0.111. The molecule has 0 amide bonds. The fourth-order valence-electron chi connectivity index (χ4n) is 1.18. The average molecular weight is 341 g/mol. The molecule has 0 aliphatic rings. The molecule has 0 atom stereocenters. The topological polar surface area (TPSA) is 50.7 Å². The average Bonchev–Trinajstić information content (AvgIpc) is 2.83. The second-order valence-electron chi connectivity index (χ2n) is 3.24. The van der Waals surface area contributed by atoms with Crippen LogP contribution in [0, 0.1) is 0 Å². The van der Waals surface area contributed by atoms with Gasteiger partial charge in [-0.05, 0) is 17.6 Å². The molecular weight excluding hydrogens is 337 g/mol. The van der Waals surface area contributed by atoms with Crippen LogP contribution >= 0.6 is 47.0 Å². The number of halogens is 4. The highest BCUT2D eigenvalue weighted by Gasteiger charge is 2.21. The van der Waals surface area contributed by atoms with Gasteiger partial charge in [-0.3, -0.25) is 0 Å². The van der Waals surface area contributed by atoms with Crippen molar-refractivity contribution in [3.05, 3.63) is 33.0 Å². The van der Waals surface area contributed by atoms with E-state index in [0.717, 1.165) is 11.5 Å². The lowest BCUT2D eigenvalue weighted by molar-refractivity contribution is 0.146. The summed E-state index contributed by atoms with van der Waals surface area (Å²) in [6, 6.07) is 1.49. The Morgan fingerprint density at radius 1 is 1.42 bits per heavy atom. The Bertz CT molecular complexity index is 620. The second-order valence-corrected chi connectivity index (χ2v) is 5.17. The first-order valence-corrected chi connectivity index (χ1v) is 6.65. The van der Waals surface area contributed by atoms with Crippen molar-refractivity contribution < 1.29 is 8.78 Å². The van der Waals surface area contributed by atoms with E-state index in [1.165, 1.54) is 12.3 Å². The smallest absolute Gasteiger partial charge is 0.283 e. The van der Waals surface area contributed by atoms with E-state index in [9.17, 15) is 8.78 Å². The van der Waals surface area contributed by atoms with Gasteiger partial charge in [-0.15, -0.1) is 5.10 Å². The minimum atomic E-state index is -2.74. The Morgan fingerprint density at radius 3 is 2.79 bits per heavy atom. The molecule has 0 saturated carbocycles. The summed E-state index contributed by atoms with van der Waals surface area (Å²) < 4.78 is 28.7. The Labute approximate surface area is 125 Å². The molecule has 0 fully saturated rings. The lowest BCUT2D eigenvalue weighted by Gasteiger charge is -2.07. The van der Waals surface area contributed by atoms with E-state index in [2.05, 4.69) is 19.9 Å². The van der Waals surface area contributed by atoms with Gasteiger partial charge in [-0.2, -0.15) is 0 Å². The van der Waals surface area contributed by atoms with E-state index in [1.54, 1.807) is 0 Å². The number of hydrogen-bond donors (Lipinski definition) is 1. The molecule has 0 radical (unpaired) electrons. The quantitative estimate of drug-likeness (QED) is 0.676. The second kappa shape index (κ2) is 6.00. The van der Waals surface area contributed by atoms with Gasteiger partial charge in [0.25, 0.3) is 6.43 Å². The van der Waals surface area contributed by atoms with Gasteiger partial charge in [0.15, 0.2) is 5.69 Å². The minimum absolute atomic E-state index is 0.0745. The molecule has 0 spiro atoms. The number of hydrogen-bond acceptors (Lipinski definition) is 5. The molecule has 0 unspecified atom stereocenters. The monoisotopic (exact) mass is 340 g/mol. The van der Waals surface area contributed by atoms with Gasteiger partial charge in [-0.1, -0.05) is 39.9 Å². The highest BCUT2D eigenvalue weighted by atomic mass is 35.5. The van der Waals surface area contributed by atoms with Crippen LogP contribution in [0.2, 0.25) is 10.2 Å². The Hall–Kier alpha value is -0.960. The van der Waals surface area contributed by atoms with Gasteiger partial charge in [0.2, 0.25) is 0 Å². The summed E-state index contributed by atoms with van der Waals surface area (Å²) in [4.78, 5) is 3.99. The largest absolute Gasteiger partial charge is 0.344 e. The summed E-state index contributed by atoms with van der Waals surface area (Å²) in [5.41, 5.74) is -0.0106. The summed E-state index contributed by atoms with van der Waals surface area (Å²) in [6.45, 7) is 0. The van der Waals surface area contributed by atoms with E-state index in [-0.39, 0.29) is 20.0 Å². The van der Waals surface area contributed by atoms with Gasteiger partial charge < -0.3 is 5.32 Å². The number of rotatable bonds is 3. The van der Waals surface area contributed by atoms with Gasteiger partial charge in [0.1, 0.15) is 15.0 Å². The molecule has 0 saturated heterocycles. The number of thiocarbonyl (C=S) groups is 1. The van der Waals surface area contributed by atoms with E-state index in [0.29, 0.717) is 5.69 Å². The molecule has 0 aromatic carbocycles. The number of nitrogens with zero attached hydrogens (tertiary/aromatic N) is 3. The molecule has 100 valence electrons. The van der Waals surface area contributed by atoms with Crippen LogP contribution < -0.4 is 5.32 Å². The number of nitrogens with one attached hydrogen (secondary N) is 1. The first-order chi connectivity index (χ1) is 8.99. The number of aromatic nitrogens is 3. The number of pyridine rings is 1. The van der Waals surface area contributed by atoms with Crippen LogP contribution in [0.5, 0.6) is 0 Å². The molecular formula is C9H4Cl2F2N4S2. The maximum Gasteiger partial charge on any atom is 0.283 e. The number of alkyl halides is 2. The SMILES string of the molecule is FC(F)c1nnsc1C(=S)Nc1cnc(Cl)c(Cl)c1. The third-order valence-electron chi connectivity index (χ3n) is 1.98. The summed E-state index contributed by atoms with van der Waals surface area (Å²) in [5.74, 6) is 0. The molecule has 4 nitrogen and oxygen atoms in total. The van der Waals surface area contributed by atoms with Crippen LogP contribution in [0.15, 0.2) is 12.3 Å². The maximum absolute atomic E-state index is 12.6. The third kappa shape index (κ3) is 3.33. The van der Waals surface area contributed by atoms with Crippen molar-refractivity contribution in [3.8, 4) is 0 Å². The van der Waals surface area contributed by atoms with Crippen LogP contribution in [0.25, 0.3) is 0 Å². The van der Waals surface area contributed by atoms with Crippen LogP contribution in [0.1, 0.15) is 17.0 Å². The molecule has 0 aliphatic heterocycles. The maximum atomic E-state index is 12.6. The standard InChI is InChI=1S/C9H4Cl2F2N4S2/c10-4-1-3(2-14-7(4)11)15-9(18)6-5(8(12)13)16-17-19-6/h1-2,8H,(H,15,18). The first-order valence-electron chi connectivity index (χ1n) is 4.72. The summed E-state index contributed by atoms with van der Waals surface area (Å²) >= 11 is 17.3. The van der Waals surface area contributed by atoms with E-state index >= 15 is 0 Å². The van der Waals surface area contributed by atoms with Crippen molar-refractivity contribution in [2.45, 2.75) is 6.43 Å². The zero-order valence-corrected chi connectivity index (χ0v) is 12.0. The zero-order chi connectivity index (χ0) is 14.0. The molecule has 2 rings (SSSR count). The summed E-state index contributed by atoms with van der Waals surface area (Å²) in [7, 11) is 0. The van der Waals surface area contributed by atoms with E-state index in [4.69, 9.17) is 35.4 Å². The van der Waals surface area contributed by atoms with Crippen LogP contribution in [-0.2, 0) is 0 Å². The van der Waals surface area contributed by atoms with Crippen LogP contribution in [0.3, 0.4) is 0 Å². The van der Waals surface area contributed by atoms with Crippen molar-refractivity contribution >= 4 is 57.6 Å². The minimum Gasteiger partial charge on any atom is -0.344 e. The molecule has 2 aromatic rings. The molecule has 0 bridgehead atoms. The van der Waals surface area contributed by atoms with Gasteiger partial charge in [0.05, 0.1) is 16.9 Å². The van der Waals surface area contributed by atoms with Crippen molar-refractivity contribution in [2.24, 2.45) is 0 Å². The van der Waals surface area contributed by atoms with Crippen molar-refractivity contribution in [1.82, 2.24) is 14.6 Å². The molecule has 2 heterocycles. The Morgan fingerprint density at radius 2 is 2.16 bits per heavy atom. The predicted molar refractivity (Wildman–Crippen MR) is 74.4 cm³/mol. The highest BCUT2D eigenvalue weighted by Crippen LogP contribution is 2.26. The van der Waals surface area contributed by atoms with Crippen molar-refractivity contribution in [2.75, 3.05) is 5.32 Å². The van der Waals surface area contributed by atoms with Crippen LogP contribution in [-0.4, -0.2) is 19.6 Å². The Balaban J connectivity index is 2.21. The zero-order valence-electron chi connectivity index (χ0n) is 8.90. The first kappa shape index (κ1) is 14.4. The lowest BCUT2D eigenvalue weighted by atomic mass is 10.3. The summed E-state index contributed by atoms with van der Waals surface area (Å²) in [6.07, 6.45) is -1.35. The molecule has 0 aliphatic carbocycles. The Kier molecular flexibility index (Phi) is 4.56. The number of anilines is 1. The van der Waals surface area contributed by atoms with Gasteiger partial charge in [0, 0.05) is 0 Å². The lowest BCUT2D eigenvalue weighted by Crippen LogP contribution is -2.11. The highest BCUT2D eigenvalue weighted by molar-refractivity contribution is 7.81. The van der Waals surface area contributed by atoms with E-state index in [1.807, 2.05) is 0 Å². The molecule has 1 N–H and O–H groups in total.